The van der Waals surface area contributed by atoms with Crippen LogP contribution in [0.3, 0.4) is 0 Å². The van der Waals surface area contributed by atoms with E-state index in [1.54, 1.807) is 18.3 Å². The van der Waals surface area contributed by atoms with Gasteiger partial charge in [0.05, 0.1) is 0 Å². The lowest BCUT2D eigenvalue weighted by atomic mass is 10.1. The van der Waals surface area contributed by atoms with Crippen molar-refractivity contribution < 1.29 is 5.11 Å². The molecule has 2 rings (SSSR count). The van der Waals surface area contributed by atoms with Crippen LogP contribution in [-0.2, 0) is 13.5 Å². The Hall–Kier alpha value is -1.77. The predicted octanol–water partition coefficient (Wildman–Crippen LogP) is 1.72. The van der Waals surface area contributed by atoms with Gasteiger partial charge in [0, 0.05) is 25.4 Å². The molecule has 0 fully saturated rings. The molecule has 0 saturated carbocycles. The highest BCUT2D eigenvalue weighted by Crippen LogP contribution is 2.13. The van der Waals surface area contributed by atoms with E-state index in [-0.39, 0.29) is 0 Å². The highest BCUT2D eigenvalue weighted by molar-refractivity contribution is 5.28. The van der Waals surface area contributed by atoms with Crippen LogP contribution in [0.2, 0.25) is 0 Å². The van der Waals surface area contributed by atoms with E-state index in [4.69, 9.17) is 5.11 Å². The van der Waals surface area contributed by atoms with Crippen molar-refractivity contribution in [3.63, 3.8) is 0 Å². The van der Waals surface area contributed by atoms with Crippen LogP contribution in [0.4, 0.5) is 0 Å². The van der Waals surface area contributed by atoms with Crippen LogP contribution in [0.5, 0.6) is 5.75 Å². The lowest BCUT2D eigenvalue weighted by molar-refractivity contribution is 0.475. The molecule has 1 aromatic heterocycles. The number of hydrogen-bond acceptors (Lipinski definition) is 2. The molecule has 0 aliphatic carbocycles. The fraction of sp³-hybridized carbons (Fsp3) is 0.182. The Kier molecular flexibility index (Phi) is 2.23. The van der Waals surface area contributed by atoms with Gasteiger partial charge in [-0.3, -0.25) is 4.68 Å². The highest BCUT2D eigenvalue weighted by atomic mass is 16.3. The zero-order valence-corrected chi connectivity index (χ0v) is 8.01. The maximum atomic E-state index is 9.12. The molecule has 0 atom stereocenters. The van der Waals surface area contributed by atoms with Crippen molar-refractivity contribution >= 4 is 0 Å². The third kappa shape index (κ3) is 1.76. The molecule has 0 bridgehead atoms. The number of hydrogen-bond donors (Lipinski definition) is 1. The van der Waals surface area contributed by atoms with Gasteiger partial charge in [-0.1, -0.05) is 12.1 Å². The third-order valence-electron chi connectivity index (χ3n) is 2.24. The van der Waals surface area contributed by atoms with Crippen LogP contribution >= 0.6 is 0 Å². The van der Waals surface area contributed by atoms with E-state index >= 15 is 0 Å². The van der Waals surface area contributed by atoms with Gasteiger partial charge in [0.25, 0.3) is 0 Å². The topological polar surface area (TPSA) is 38.0 Å². The first-order chi connectivity index (χ1) is 6.75. The number of rotatable bonds is 2. The first-order valence-corrected chi connectivity index (χ1v) is 4.50. The lowest BCUT2D eigenvalue weighted by Gasteiger charge is -2.02. The average Bonchev–Trinajstić information content (AvgIpc) is 2.56. The summed E-state index contributed by atoms with van der Waals surface area (Å²) in [5.41, 5.74) is 2.34. The van der Waals surface area contributed by atoms with Gasteiger partial charge in [-0.2, -0.15) is 5.10 Å². The Balaban J connectivity index is 2.19. The number of aryl methyl sites for hydroxylation is 1. The summed E-state index contributed by atoms with van der Waals surface area (Å²) in [6, 6.07) is 9.23. The Labute approximate surface area is 82.6 Å². The Morgan fingerprint density at radius 3 is 2.50 bits per heavy atom. The van der Waals surface area contributed by atoms with Crippen molar-refractivity contribution in [2.24, 2.45) is 7.05 Å². The largest absolute Gasteiger partial charge is 0.508 e. The van der Waals surface area contributed by atoms with Gasteiger partial charge in [0.15, 0.2) is 0 Å². The fourth-order valence-corrected chi connectivity index (χ4v) is 1.40. The molecular weight excluding hydrogens is 176 g/mol. The van der Waals surface area contributed by atoms with Crippen molar-refractivity contribution in [3.05, 3.63) is 47.8 Å². The standard InChI is InChI=1S/C11H12N2O/c1-13-10(6-7-12-13)8-9-2-4-11(14)5-3-9/h2-7,14H,8H2,1H3. The molecule has 0 aliphatic heterocycles. The van der Waals surface area contributed by atoms with Crippen LogP contribution < -0.4 is 0 Å². The third-order valence-corrected chi connectivity index (χ3v) is 2.24. The molecular formula is C11H12N2O. The summed E-state index contributed by atoms with van der Waals surface area (Å²) < 4.78 is 1.85. The van der Waals surface area contributed by atoms with E-state index < -0.39 is 0 Å². The van der Waals surface area contributed by atoms with Crippen LogP contribution in [-0.4, -0.2) is 14.9 Å². The maximum Gasteiger partial charge on any atom is 0.115 e. The molecule has 1 N–H and O–H groups in total. The van der Waals surface area contributed by atoms with Gasteiger partial charge in [-0.15, -0.1) is 0 Å². The molecule has 72 valence electrons. The SMILES string of the molecule is Cn1nccc1Cc1ccc(O)cc1. The van der Waals surface area contributed by atoms with E-state index in [0.29, 0.717) is 5.75 Å². The summed E-state index contributed by atoms with van der Waals surface area (Å²) in [4.78, 5) is 0. The monoisotopic (exact) mass is 188 g/mol. The first kappa shape index (κ1) is 8.81. The molecule has 0 spiro atoms. The highest BCUT2D eigenvalue weighted by Gasteiger charge is 2.00. The summed E-state index contributed by atoms with van der Waals surface area (Å²) in [5.74, 6) is 0.304. The average molecular weight is 188 g/mol. The summed E-state index contributed by atoms with van der Waals surface area (Å²) in [7, 11) is 1.93. The number of phenolic OH excluding ortho intramolecular Hbond substituents is 1. The van der Waals surface area contributed by atoms with Crippen molar-refractivity contribution in [1.29, 1.82) is 0 Å². The number of phenols is 1. The minimum atomic E-state index is 0.304. The van der Waals surface area contributed by atoms with E-state index in [1.165, 1.54) is 5.56 Å². The normalized spacial score (nSPS) is 10.4. The molecule has 0 saturated heterocycles. The molecule has 0 aliphatic rings. The van der Waals surface area contributed by atoms with E-state index in [0.717, 1.165) is 12.1 Å². The maximum absolute atomic E-state index is 9.12. The van der Waals surface area contributed by atoms with Crippen LogP contribution in [0, 0.1) is 0 Å². The molecule has 3 heteroatoms. The van der Waals surface area contributed by atoms with E-state index in [1.807, 2.05) is 29.9 Å². The first-order valence-electron chi connectivity index (χ1n) is 4.50. The summed E-state index contributed by atoms with van der Waals surface area (Å²) >= 11 is 0. The molecule has 1 aromatic carbocycles. The van der Waals surface area contributed by atoms with Crippen molar-refractivity contribution in [2.45, 2.75) is 6.42 Å². The lowest BCUT2D eigenvalue weighted by Crippen LogP contribution is -1.98. The minimum Gasteiger partial charge on any atom is -0.508 e. The van der Waals surface area contributed by atoms with Crippen LogP contribution in [0.1, 0.15) is 11.3 Å². The van der Waals surface area contributed by atoms with Gasteiger partial charge >= 0.3 is 0 Å². The van der Waals surface area contributed by atoms with Crippen molar-refractivity contribution in [3.8, 4) is 5.75 Å². The molecule has 3 nitrogen and oxygen atoms in total. The van der Waals surface area contributed by atoms with Gasteiger partial charge in [0.2, 0.25) is 0 Å². The summed E-state index contributed by atoms with van der Waals surface area (Å²) in [6.45, 7) is 0. The molecule has 2 aromatic rings. The fourth-order valence-electron chi connectivity index (χ4n) is 1.40. The number of aromatic hydroxyl groups is 1. The smallest absolute Gasteiger partial charge is 0.115 e. The van der Waals surface area contributed by atoms with Gasteiger partial charge in [-0.05, 0) is 23.8 Å². The van der Waals surface area contributed by atoms with Gasteiger partial charge < -0.3 is 5.11 Å². The molecule has 0 unspecified atom stereocenters. The molecule has 1 heterocycles. The number of aromatic nitrogens is 2. The van der Waals surface area contributed by atoms with E-state index in [2.05, 4.69) is 5.10 Å². The summed E-state index contributed by atoms with van der Waals surface area (Å²) in [5, 5.41) is 13.2. The second-order valence-electron chi connectivity index (χ2n) is 3.29. The zero-order chi connectivity index (χ0) is 9.97. The van der Waals surface area contributed by atoms with Crippen molar-refractivity contribution in [1.82, 2.24) is 9.78 Å². The quantitative estimate of drug-likeness (QED) is 0.779. The van der Waals surface area contributed by atoms with Crippen molar-refractivity contribution in [2.75, 3.05) is 0 Å². The van der Waals surface area contributed by atoms with E-state index in [9.17, 15) is 0 Å². The minimum absolute atomic E-state index is 0.304. The number of nitrogens with zero attached hydrogens (tertiary/aromatic N) is 2. The zero-order valence-electron chi connectivity index (χ0n) is 8.01. The second kappa shape index (κ2) is 3.54. The molecule has 0 amide bonds. The number of benzene rings is 1. The van der Waals surface area contributed by atoms with Gasteiger partial charge in [0.1, 0.15) is 5.75 Å². The van der Waals surface area contributed by atoms with Crippen LogP contribution in [0.15, 0.2) is 36.5 Å². The molecule has 14 heavy (non-hydrogen) atoms. The Morgan fingerprint density at radius 1 is 1.21 bits per heavy atom. The second-order valence-corrected chi connectivity index (χ2v) is 3.29. The Morgan fingerprint density at radius 2 is 1.93 bits per heavy atom. The van der Waals surface area contributed by atoms with Gasteiger partial charge in [-0.25, -0.2) is 0 Å². The summed E-state index contributed by atoms with van der Waals surface area (Å²) in [6.07, 6.45) is 2.63. The van der Waals surface area contributed by atoms with Crippen LogP contribution in [0.25, 0.3) is 0 Å². The molecule has 0 radical (unpaired) electrons. The Bertz CT molecular complexity index is 417. The predicted molar refractivity (Wildman–Crippen MR) is 54.1 cm³/mol.